The average Bonchev–Trinajstić information content (AvgIpc) is 4.39. The highest BCUT2D eigenvalue weighted by Crippen LogP contribution is 2.35. The van der Waals surface area contributed by atoms with Crippen molar-refractivity contribution in [2.75, 3.05) is 51.3 Å². The second kappa shape index (κ2) is 28.1. The smallest absolute Gasteiger partial charge is 0.251 e. The third-order valence-corrected chi connectivity index (χ3v) is 15.3. The number of benzene rings is 4. The van der Waals surface area contributed by atoms with Crippen LogP contribution in [0.15, 0.2) is 108 Å². The number of carbonyl (C=O) groups is 4. The summed E-state index contributed by atoms with van der Waals surface area (Å²) in [4.78, 5) is 74.2. The highest BCUT2D eigenvalue weighted by atomic mass is 35.5. The van der Waals surface area contributed by atoms with E-state index < -0.39 is 41.1 Å². The van der Waals surface area contributed by atoms with Crippen molar-refractivity contribution in [2.24, 2.45) is 10.4 Å². The van der Waals surface area contributed by atoms with Crippen LogP contribution in [0.5, 0.6) is 0 Å². The molecule has 0 spiro atoms. The van der Waals surface area contributed by atoms with Gasteiger partial charge in [-0.1, -0.05) is 74.0 Å². The second-order valence-corrected chi connectivity index (χ2v) is 22.7. The van der Waals surface area contributed by atoms with E-state index >= 15 is 0 Å². The Morgan fingerprint density at radius 3 is 2.43 bits per heavy atom. The number of aryl methyl sites for hydroxylation is 1. The van der Waals surface area contributed by atoms with E-state index in [2.05, 4.69) is 51.9 Å². The number of thiazole rings is 1. The Kier molecular flexibility index (Phi) is 20.3. The van der Waals surface area contributed by atoms with E-state index in [9.17, 15) is 33.1 Å². The lowest BCUT2D eigenvalue weighted by Gasteiger charge is -2.35. The van der Waals surface area contributed by atoms with Gasteiger partial charge in [0.25, 0.3) is 5.91 Å². The summed E-state index contributed by atoms with van der Waals surface area (Å²) in [5.41, 5.74) is 7.83. The number of rotatable bonds is 25. The van der Waals surface area contributed by atoms with Crippen LogP contribution in [0.1, 0.15) is 84.0 Å². The van der Waals surface area contributed by atoms with Gasteiger partial charge in [-0.2, -0.15) is 0 Å². The molecule has 0 radical (unpaired) electrons. The van der Waals surface area contributed by atoms with E-state index in [0.717, 1.165) is 21.7 Å². The minimum Gasteiger partial charge on any atom is -0.391 e. The first-order valence-corrected chi connectivity index (χ1v) is 28.9. The topological polar surface area (TPSA) is 252 Å². The minimum absolute atomic E-state index is 0.00574. The lowest BCUT2D eigenvalue weighted by Crippen LogP contribution is -2.57. The third kappa shape index (κ3) is 15.6. The van der Waals surface area contributed by atoms with Gasteiger partial charge in [-0.05, 0) is 85.0 Å². The number of halogens is 3. The van der Waals surface area contributed by atoms with E-state index in [1.165, 1.54) is 23.1 Å². The molecule has 440 valence electrons. The summed E-state index contributed by atoms with van der Waals surface area (Å²) in [5.74, 6) is -2.56. The fraction of sp³-hybridized carbons (Fsp3) is 0.367. The average molecular weight is 1190 g/mol. The summed E-state index contributed by atoms with van der Waals surface area (Å²) in [6.45, 7) is 10.9. The number of nitrogens with one attached hydrogen (secondary N) is 5. The van der Waals surface area contributed by atoms with Gasteiger partial charge >= 0.3 is 0 Å². The summed E-state index contributed by atoms with van der Waals surface area (Å²) in [6, 6.07) is 21.6. The van der Waals surface area contributed by atoms with Crippen molar-refractivity contribution in [2.45, 2.75) is 91.4 Å². The van der Waals surface area contributed by atoms with Crippen LogP contribution in [0.25, 0.3) is 21.7 Å². The van der Waals surface area contributed by atoms with Crippen molar-refractivity contribution in [3.05, 3.63) is 159 Å². The molecule has 3 atom stereocenters. The summed E-state index contributed by atoms with van der Waals surface area (Å²) in [7, 11) is 0. The van der Waals surface area contributed by atoms with Gasteiger partial charge < -0.3 is 46.1 Å². The van der Waals surface area contributed by atoms with Gasteiger partial charge in [-0.3, -0.25) is 28.9 Å². The maximum absolute atomic E-state index is 15.0. The van der Waals surface area contributed by atoms with Crippen LogP contribution in [0, 0.1) is 24.0 Å². The number of nitrogens with zero attached hydrogens (tertiary/aromatic N) is 8. The van der Waals surface area contributed by atoms with Crippen molar-refractivity contribution in [1.82, 2.24) is 56.1 Å². The van der Waals surface area contributed by atoms with Crippen LogP contribution in [0.4, 0.5) is 20.4 Å². The number of hydrogen-bond acceptors (Lipinski definition) is 16. The van der Waals surface area contributed by atoms with Gasteiger partial charge in [0.2, 0.25) is 23.7 Å². The first-order chi connectivity index (χ1) is 40.5. The van der Waals surface area contributed by atoms with Crippen LogP contribution in [0.3, 0.4) is 0 Å². The zero-order chi connectivity index (χ0) is 59.3. The first-order valence-electron chi connectivity index (χ1n) is 27.6. The minimum atomic E-state index is -0.914. The maximum Gasteiger partial charge on any atom is 0.251 e. The number of fused-ring (bicyclic) bond motifs is 3. The van der Waals surface area contributed by atoms with E-state index in [1.54, 1.807) is 70.9 Å². The SMILES string of the molecule is Cc1ncsc1-c1ccc(CNC(=O)[C@@H]2C[C@@H](O)CN2C(=O)[C@H](NC(=O)CCCNCCn2cc(COCCOCCNC(=O)c3ccc(Nc4ncc5c(n4)-c4ccc(Cl)cc4C(c4c(F)cccc4F)=NC5)cc3)nn2)C(C)(C)C)cc1. The lowest BCUT2D eigenvalue weighted by molar-refractivity contribution is -0.144. The monoisotopic (exact) mass is 1190 g/mol. The van der Waals surface area contributed by atoms with Gasteiger partial charge in [0.1, 0.15) is 29.4 Å². The number of hydrogen-bond donors (Lipinski definition) is 6. The summed E-state index contributed by atoms with van der Waals surface area (Å²) in [6.07, 6.45) is 3.34. The second-order valence-electron chi connectivity index (χ2n) is 21.4. The molecule has 0 bridgehead atoms. The largest absolute Gasteiger partial charge is 0.391 e. The molecule has 2 aliphatic heterocycles. The molecule has 5 heterocycles. The summed E-state index contributed by atoms with van der Waals surface area (Å²) >= 11 is 7.93. The van der Waals surface area contributed by atoms with E-state index in [-0.39, 0.29) is 87.2 Å². The number of likely N-dealkylation sites (tertiary alicyclic amines) is 1. The molecule has 6 N–H and O–H groups in total. The molecular formula is C60H66ClF2N13O7S. The fourth-order valence-corrected chi connectivity index (χ4v) is 10.7. The number of β-amino-alcohol motifs (C(OH)–C–C–N with tert-alkyl or cyclic N) is 1. The standard InChI is InChI=1S/C60H66ClF2N13O7S/c1-36-54(84-35-69-36)38-12-10-37(11-13-38)29-67-57(80)49-28-44(77)33-76(49)58(81)55(60(2,3)4)71-50(78)9-6-20-64-21-23-75-32-43(73-74-75)34-83-26-25-82-24-22-65-56(79)39-14-17-42(18-15-39)70-59-68-31-40-30-66-53(51-47(62)7-5-8-48(51)63)46-27-41(61)16-19-45(46)52(40)72-59/h5,7-8,10-19,27,31-32,35,44,49,55,64,77H,6,9,20-26,28-30,33-34H2,1-4H3,(H,65,79)(H,67,80)(H,71,78)(H,68,70,72)/t44-,49+,55+/m1/s1. The predicted octanol–water partition coefficient (Wildman–Crippen LogP) is 7.34. The number of anilines is 2. The Bertz CT molecular complexity index is 3470. The van der Waals surface area contributed by atoms with E-state index in [0.29, 0.717) is 83.6 Å². The van der Waals surface area contributed by atoms with Crippen LogP contribution in [-0.2, 0) is 50.1 Å². The predicted molar refractivity (Wildman–Crippen MR) is 314 cm³/mol. The number of ether oxygens (including phenoxy) is 2. The zero-order valence-electron chi connectivity index (χ0n) is 47.0. The molecule has 0 unspecified atom stereocenters. The number of carbonyl (C=O) groups excluding carboxylic acids is 4. The highest BCUT2D eigenvalue weighted by Gasteiger charge is 2.44. The molecule has 3 aromatic heterocycles. The van der Waals surface area contributed by atoms with Gasteiger partial charge in [0, 0.05) is 78.2 Å². The van der Waals surface area contributed by atoms with Crippen LogP contribution >= 0.6 is 22.9 Å². The lowest BCUT2D eigenvalue weighted by atomic mass is 9.85. The molecular weight excluding hydrogens is 1120 g/mol. The molecule has 4 amide bonds. The number of aliphatic hydroxyl groups excluding tert-OH is 1. The van der Waals surface area contributed by atoms with Gasteiger partial charge in [-0.25, -0.2) is 23.7 Å². The fourth-order valence-electron chi connectivity index (χ4n) is 9.71. The van der Waals surface area contributed by atoms with Gasteiger partial charge in [-0.15, -0.1) is 16.4 Å². The van der Waals surface area contributed by atoms with Crippen molar-refractivity contribution in [1.29, 1.82) is 0 Å². The molecule has 0 aliphatic carbocycles. The zero-order valence-corrected chi connectivity index (χ0v) is 48.5. The molecule has 9 rings (SSSR count). The highest BCUT2D eigenvalue weighted by molar-refractivity contribution is 7.13. The third-order valence-electron chi connectivity index (χ3n) is 14.1. The number of aliphatic hydroxyl groups is 1. The van der Waals surface area contributed by atoms with Crippen molar-refractivity contribution in [3.8, 4) is 21.7 Å². The van der Waals surface area contributed by atoms with Crippen LogP contribution < -0.4 is 26.6 Å². The van der Waals surface area contributed by atoms with Crippen LogP contribution in [0.2, 0.25) is 5.02 Å². The molecule has 1 fully saturated rings. The van der Waals surface area contributed by atoms with E-state index in [4.69, 9.17) is 26.1 Å². The normalized spacial score (nSPS) is 15.1. The summed E-state index contributed by atoms with van der Waals surface area (Å²) in [5, 5.41) is 34.5. The molecule has 24 heteroatoms. The Hall–Kier alpha value is -7.93. The number of aliphatic imine (C=N–C) groups is 1. The van der Waals surface area contributed by atoms with Crippen molar-refractivity contribution >= 4 is 63.9 Å². The first kappa shape index (κ1) is 60.7. The Labute approximate surface area is 493 Å². The number of amides is 4. The molecule has 4 aromatic carbocycles. The maximum atomic E-state index is 15.0. The van der Waals surface area contributed by atoms with Crippen molar-refractivity contribution < 1.29 is 42.5 Å². The summed E-state index contributed by atoms with van der Waals surface area (Å²) < 4.78 is 43.0. The quantitative estimate of drug-likeness (QED) is 0.0307. The van der Waals surface area contributed by atoms with Crippen LogP contribution in [-0.4, -0.2) is 133 Å². The Morgan fingerprint density at radius 2 is 1.68 bits per heavy atom. The molecule has 1 saturated heterocycles. The molecule has 84 heavy (non-hydrogen) atoms. The van der Waals surface area contributed by atoms with Crippen molar-refractivity contribution in [3.63, 3.8) is 0 Å². The Morgan fingerprint density at radius 1 is 0.905 bits per heavy atom. The molecule has 2 aliphatic rings. The van der Waals surface area contributed by atoms with E-state index in [1.807, 2.05) is 57.5 Å². The Balaban J connectivity index is 0.624. The molecule has 7 aromatic rings. The molecule has 20 nitrogen and oxygen atoms in total. The number of aromatic nitrogens is 6. The molecule has 0 saturated carbocycles. The van der Waals surface area contributed by atoms with Gasteiger partial charge in [0.15, 0.2) is 0 Å². The van der Waals surface area contributed by atoms with Gasteiger partial charge in [0.05, 0.1) is 84.9 Å².